The molecule has 122 valence electrons. The van der Waals surface area contributed by atoms with Crippen LogP contribution in [0.25, 0.3) is 0 Å². The summed E-state index contributed by atoms with van der Waals surface area (Å²) < 4.78 is 5.40. The lowest BCUT2D eigenvalue weighted by atomic mass is 9.83. The molecule has 1 saturated heterocycles. The number of nitrogens with one attached hydrogen (secondary N) is 1. The standard InChI is InChI=1S/C16H30N2O2S/c1-12(2)18-16(15(17)19)8-3-4-13(16)7-11-21-14-5-9-20-10-6-14/h12-14,18H,3-11H2,1-2H3,(H2,17,19). The Kier molecular flexibility index (Phi) is 6.38. The fourth-order valence-electron chi connectivity index (χ4n) is 3.79. The van der Waals surface area contributed by atoms with Crippen molar-refractivity contribution in [3.8, 4) is 0 Å². The minimum atomic E-state index is -0.468. The molecule has 0 spiro atoms. The van der Waals surface area contributed by atoms with Crippen molar-refractivity contribution in [2.45, 2.75) is 69.2 Å². The summed E-state index contributed by atoms with van der Waals surface area (Å²) in [7, 11) is 0. The van der Waals surface area contributed by atoms with E-state index in [9.17, 15) is 4.79 Å². The van der Waals surface area contributed by atoms with Crippen LogP contribution in [0.2, 0.25) is 0 Å². The van der Waals surface area contributed by atoms with E-state index < -0.39 is 5.54 Å². The van der Waals surface area contributed by atoms with Gasteiger partial charge in [0.05, 0.1) is 0 Å². The third-order valence-electron chi connectivity index (χ3n) is 4.79. The fourth-order valence-corrected chi connectivity index (χ4v) is 5.07. The Morgan fingerprint density at radius 1 is 1.38 bits per heavy atom. The maximum absolute atomic E-state index is 12.1. The van der Waals surface area contributed by atoms with Crippen LogP contribution in [0.4, 0.5) is 0 Å². The third kappa shape index (κ3) is 4.36. The zero-order valence-corrected chi connectivity index (χ0v) is 14.2. The monoisotopic (exact) mass is 314 g/mol. The Bertz CT molecular complexity index is 345. The van der Waals surface area contributed by atoms with Crippen molar-refractivity contribution in [2.75, 3.05) is 19.0 Å². The predicted molar refractivity (Wildman–Crippen MR) is 88.5 cm³/mol. The van der Waals surface area contributed by atoms with Crippen molar-refractivity contribution in [2.24, 2.45) is 11.7 Å². The van der Waals surface area contributed by atoms with Gasteiger partial charge >= 0.3 is 0 Å². The highest BCUT2D eigenvalue weighted by atomic mass is 32.2. The summed E-state index contributed by atoms with van der Waals surface area (Å²) >= 11 is 2.06. The number of carbonyl (C=O) groups excluding carboxylic acids is 1. The molecule has 1 aliphatic carbocycles. The molecule has 2 rings (SSSR count). The molecule has 4 nitrogen and oxygen atoms in total. The number of amides is 1. The lowest BCUT2D eigenvalue weighted by Gasteiger charge is -2.36. The molecule has 0 aromatic heterocycles. The molecule has 1 saturated carbocycles. The Labute approximate surface area is 132 Å². The molecule has 2 unspecified atom stereocenters. The minimum absolute atomic E-state index is 0.158. The molecule has 1 heterocycles. The van der Waals surface area contributed by atoms with Gasteiger partial charge in [-0.2, -0.15) is 11.8 Å². The van der Waals surface area contributed by atoms with E-state index in [1.165, 1.54) is 12.8 Å². The minimum Gasteiger partial charge on any atom is -0.381 e. The number of thioether (sulfide) groups is 1. The molecule has 2 fully saturated rings. The first-order valence-corrected chi connectivity index (χ1v) is 9.36. The number of nitrogens with two attached hydrogens (primary N) is 1. The predicted octanol–water partition coefficient (Wildman–Crippen LogP) is 2.31. The first kappa shape index (κ1) is 17.1. The Morgan fingerprint density at radius 2 is 2.10 bits per heavy atom. The molecule has 3 N–H and O–H groups in total. The molecule has 2 atom stereocenters. The Balaban J connectivity index is 1.86. The maximum atomic E-state index is 12.1. The van der Waals surface area contributed by atoms with Gasteiger partial charge in [-0.25, -0.2) is 0 Å². The van der Waals surface area contributed by atoms with E-state index in [0.717, 1.165) is 49.9 Å². The molecule has 1 aliphatic heterocycles. The maximum Gasteiger partial charge on any atom is 0.238 e. The average molecular weight is 314 g/mol. The van der Waals surface area contributed by atoms with Gasteiger partial charge in [0.25, 0.3) is 0 Å². The summed E-state index contributed by atoms with van der Waals surface area (Å²) in [4.78, 5) is 12.1. The largest absolute Gasteiger partial charge is 0.381 e. The summed E-state index contributed by atoms with van der Waals surface area (Å²) in [6, 6.07) is 0.293. The molecule has 2 aliphatic rings. The van der Waals surface area contributed by atoms with Gasteiger partial charge in [-0.3, -0.25) is 4.79 Å². The molecule has 5 heteroatoms. The van der Waals surface area contributed by atoms with Gasteiger partial charge < -0.3 is 15.8 Å². The molecule has 0 radical (unpaired) electrons. The summed E-state index contributed by atoms with van der Waals surface area (Å²) in [5, 5.41) is 4.23. The summed E-state index contributed by atoms with van der Waals surface area (Å²) in [5.74, 6) is 1.36. The highest BCUT2D eigenvalue weighted by Gasteiger charge is 2.47. The van der Waals surface area contributed by atoms with E-state index in [1.807, 2.05) is 0 Å². The van der Waals surface area contributed by atoms with Crippen molar-refractivity contribution in [3.05, 3.63) is 0 Å². The number of ether oxygens (including phenoxy) is 1. The third-order valence-corrected chi connectivity index (χ3v) is 6.21. The van der Waals surface area contributed by atoms with E-state index in [-0.39, 0.29) is 5.91 Å². The number of hydrogen-bond donors (Lipinski definition) is 2. The van der Waals surface area contributed by atoms with Crippen LogP contribution in [0.3, 0.4) is 0 Å². The van der Waals surface area contributed by atoms with Crippen LogP contribution >= 0.6 is 11.8 Å². The highest BCUT2D eigenvalue weighted by molar-refractivity contribution is 7.99. The van der Waals surface area contributed by atoms with E-state index in [1.54, 1.807) is 0 Å². The van der Waals surface area contributed by atoms with E-state index in [0.29, 0.717) is 12.0 Å². The van der Waals surface area contributed by atoms with Crippen LogP contribution in [-0.2, 0) is 9.53 Å². The molecular weight excluding hydrogens is 284 g/mol. The zero-order valence-electron chi connectivity index (χ0n) is 13.4. The quantitative estimate of drug-likeness (QED) is 0.757. The average Bonchev–Trinajstić information content (AvgIpc) is 2.83. The van der Waals surface area contributed by atoms with Crippen molar-refractivity contribution in [3.63, 3.8) is 0 Å². The van der Waals surface area contributed by atoms with E-state index in [4.69, 9.17) is 10.5 Å². The van der Waals surface area contributed by atoms with Crippen LogP contribution in [0.1, 0.15) is 52.4 Å². The molecule has 21 heavy (non-hydrogen) atoms. The van der Waals surface area contributed by atoms with E-state index >= 15 is 0 Å². The normalized spacial score (nSPS) is 30.9. The van der Waals surface area contributed by atoms with Crippen LogP contribution in [0, 0.1) is 5.92 Å². The Hall–Kier alpha value is -0.260. The fraction of sp³-hybridized carbons (Fsp3) is 0.938. The number of primary amides is 1. The smallest absolute Gasteiger partial charge is 0.238 e. The van der Waals surface area contributed by atoms with E-state index in [2.05, 4.69) is 30.9 Å². The number of hydrogen-bond acceptors (Lipinski definition) is 4. The highest BCUT2D eigenvalue weighted by Crippen LogP contribution is 2.39. The van der Waals surface area contributed by atoms with Crippen LogP contribution in [-0.4, -0.2) is 41.7 Å². The first-order chi connectivity index (χ1) is 10.0. The van der Waals surface area contributed by atoms with Crippen molar-refractivity contribution in [1.82, 2.24) is 5.32 Å². The van der Waals surface area contributed by atoms with Crippen LogP contribution < -0.4 is 11.1 Å². The molecule has 0 bridgehead atoms. The van der Waals surface area contributed by atoms with Gasteiger partial charge in [-0.05, 0) is 57.6 Å². The zero-order chi connectivity index (χ0) is 15.3. The lowest BCUT2D eigenvalue weighted by molar-refractivity contribution is -0.126. The van der Waals surface area contributed by atoms with Crippen LogP contribution in [0.5, 0.6) is 0 Å². The van der Waals surface area contributed by atoms with Gasteiger partial charge in [0.15, 0.2) is 0 Å². The SMILES string of the molecule is CC(C)NC1(C(N)=O)CCCC1CCSC1CCOCC1. The Morgan fingerprint density at radius 3 is 2.71 bits per heavy atom. The topological polar surface area (TPSA) is 64.3 Å². The lowest BCUT2D eigenvalue weighted by Crippen LogP contribution is -2.60. The van der Waals surface area contributed by atoms with Crippen molar-refractivity contribution >= 4 is 17.7 Å². The van der Waals surface area contributed by atoms with Crippen molar-refractivity contribution in [1.29, 1.82) is 0 Å². The second-order valence-electron chi connectivity index (χ2n) is 6.69. The molecule has 1 amide bonds. The van der Waals surface area contributed by atoms with Crippen LogP contribution in [0.15, 0.2) is 0 Å². The molecule has 0 aromatic rings. The van der Waals surface area contributed by atoms with Gasteiger partial charge in [0.1, 0.15) is 5.54 Å². The number of rotatable bonds is 7. The van der Waals surface area contributed by atoms with Gasteiger partial charge in [-0.1, -0.05) is 6.42 Å². The first-order valence-electron chi connectivity index (χ1n) is 8.31. The molecule has 0 aromatic carbocycles. The van der Waals surface area contributed by atoms with Gasteiger partial charge in [0, 0.05) is 24.5 Å². The summed E-state index contributed by atoms with van der Waals surface area (Å²) in [5.41, 5.74) is 5.29. The molecular formula is C16H30N2O2S. The second-order valence-corrected chi connectivity index (χ2v) is 8.10. The van der Waals surface area contributed by atoms with Gasteiger partial charge in [-0.15, -0.1) is 0 Å². The summed E-state index contributed by atoms with van der Waals surface area (Å²) in [6.07, 6.45) is 6.55. The second kappa shape index (κ2) is 7.84. The van der Waals surface area contributed by atoms with Gasteiger partial charge in [0.2, 0.25) is 5.91 Å². The van der Waals surface area contributed by atoms with Crippen molar-refractivity contribution < 1.29 is 9.53 Å². The summed E-state index contributed by atoms with van der Waals surface area (Å²) in [6.45, 7) is 6.00. The number of carbonyl (C=O) groups is 1.